The number of carbonyl (C=O) groups excluding carboxylic acids is 3. The van der Waals surface area contributed by atoms with Crippen LogP contribution in [0.2, 0.25) is 17.7 Å². The van der Waals surface area contributed by atoms with Crippen molar-refractivity contribution in [3.63, 3.8) is 0 Å². The summed E-state index contributed by atoms with van der Waals surface area (Å²) < 4.78 is 10.3. The Morgan fingerprint density at radius 3 is 1.84 bits per heavy atom. The van der Waals surface area contributed by atoms with Crippen molar-refractivity contribution in [3.05, 3.63) is 0 Å². The van der Waals surface area contributed by atoms with Crippen molar-refractivity contribution in [3.8, 4) is 0 Å². The van der Waals surface area contributed by atoms with Gasteiger partial charge in [0.15, 0.2) is 0 Å². The molecule has 6 heteroatoms. The molecule has 0 aromatic rings. The van der Waals surface area contributed by atoms with Gasteiger partial charge >= 0.3 is 195 Å². The molecule has 2 atom stereocenters. The van der Waals surface area contributed by atoms with Crippen LogP contribution in [0, 0.1) is 5.92 Å². The van der Waals surface area contributed by atoms with Crippen LogP contribution in [0.25, 0.3) is 0 Å². The molecule has 0 spiro atoms. The van der Waals surface area contributed by atoms with Gasteiger partial charge in [0.2, 0.25) is 0 Å². The summed E-state index contributed by atoms with van der Waals surface area (Å²) >= 11 is -2.83. The van der Waals surface area contributed by atoms with Crippen LogP contribution < -0.4 is 0 Å². The molecule has 31 heavy (non-hydrogen) atoms. The monoisotopic (exact) mass is 545 g/mol. The van der Waals surface area contributed by atoms with E-state index >= 15 is 0 Å². The molecule has 1 amide bonds. The first-order valence-corrected chi connectivity index (χ1v) is 20.7. The van der Waals surface area contributed by atoms with Crippen molar-refractivity contribution in [2.24, 2.45) is 5.92 Å². The van der Waals surface area contributed by atoms with Gasteiger partial charge in [0, 0.05) is 0 Å². The Morgan fingerprint density at radius 2 is 1.45 bits per heavy atom. The zero-order chi connectivity index (χ0) is 23.5. The summed E-state index contributed by atoms with van der Waals surface area (Å²) in [6.07, 6.45) is 8.19. The van der Waals surface area contributed by atoms with Gasteiger partial charge in [-0.2, -0.15) is 0 Å². The Hall–Kier alpha value is -0.591. The average Bonchev–Trinajstić information content (AvgIpc) is 3.07. The molecule has 0 bridgehead atoms. The zero-order valence-electron chi connectivity index (χ0n) is 21.1. The molecule has 1 rings (SSSR count). The molecule has 0 N–H and O–H groups in total. The molecule has 1 heterocycles. The Labute approximate surface area is 194 Å². The second kappa shape index (κ2) is 13.8. The van der Waals surface area contributed by atoms with Crippen molar-refractivity contribution in [1.82, 2.24) is 4.90 Å². The summed E-state index contributed by atoms with van der Waals surface area (Å²) in [6.45, 7) is 12.6. The Kier molecular flexibility index (Phi) is 12.7. The van der Waals surface area contributed by atoms with Crippen molar-refractivity contribution in [1.29, 1.82) is 0 Å². The molecule has 1 saturated heterocycles. The molecule has 0 saturated carbocycles. The van der Waals surface area contributed by atoms with Crippen LogP contribution in [0.3, 0.4) is 0 Å². The number of likely N-dealkylation sites (tertiary alicyclic amines) is 1. The van der Waals surface area contributed by atoms with Crippen LogP contribution in [0.4, 0.5) is 0 Å². The molecule has 1 aliphatic heterocycles. The van der Waals surface area contributed by atoms with Gasteiger partial charge in [0.25, 0.3) is 0 Å². The number of unbranched alkanes of at least 4 members (excludes halogenated alkanes) is 3. The maximum absolute atomic E-state index is 13.7. The van der Waals surface area contributed by atoms with Gasteiger partial charge in [0.05, 0.1) is 0 Å². The van der Waals surface area contributed by atoms with E-state index in [4.69, 9.17) is 4.74 Å². The number of ketones is 1. The third-order valence-corrected chi connectivity index (χ3v) is 23.0. The first-order valence-electron chi connectivity index (χ1n) is 12.7. The topological polar surface area (TPSA) is 63.7 Å². The fraction of sp³-hybridized carbons (Fsp3) is 0.880. The van der Waals surface area contributed by atoms with E-state index in [1.54, 1.807) is 13.8 Å². The van der Waals surface area contributed by atoms with E-state index in [0.717, 1.165) is 30.1 Å². The predicted molar refractivity (Wildman–Crippen MR) is 130 cm³/mol. The van der Waals surface area contributed by atoms with Crippen molar-refractivity contribution in [2.75, 3.05) is 13.2 Å². The molecule has 0 radical (unpaired) electrons. The van der Waals surface area contributed by atoms with Gasteiger partial charge in [-0.05, 0) is 0 Å². The SMILES string of the molecule is CCC[CH2][Sn]([CH2]CCC)([CH2]CCC)[CH2]C1(C(=O)OCC)C(CC(C)=O)CCN1C(C)=O. The number of hydrogen-bond acceptors (Lipinski definition) is 4. The molecular weight excluding hydrogens is 497 g/mol. The van der Waals surface area contributed by atoms with Gasteiger partial charge in [-0.1, -0.05) is 0 Å². The molecule has 0 aromatic heterocycles. The van der Waals surface area contributed by atoms with Gasteiger partial charge in [-0.3, -0.25) is 0 Å². The zero-order valence-corrected chi connectivity index (χ0v) is 23.9. The Balaban J connectivity index is 3.58. The van der Waals surface area contributed by atoms with E-state index in [-0.39, 0.29) is 23.6 Å². The third kappa shape index (κ3) is 7.46. The van der Waals surface area contributed by atoms with Crippen LogP contribution >= 0.6 is 0 Å². The maximum atomic E-state index is 13.7. The summed E-state index contributed by atoms with van der Waals surface area (Å²) in [5, 5.41) is 0. The van der Waals surface area contributed by atoms with E-state index in [1.165, 1.54) is 32.6 Å². The van der Waals surface area contributed by atoms with Crippen LogP contribution in [0.1, 0.15) is 92.9 Å². The number of Topliss-reactive ketones (excluding diaryl/α,β-unsaturated/α-hetero) is 1. The second-order valence-electron chi connectivity index (χ2n) is 9.69. The predicted octanol–water partition coefficient (Wildman–Crippen LogP) is 5.98. The Bertz CT molecular complexity index is 572. The van der Waals surface area contributed by atoms with Crippen molar-refractivity contribution >= 4 is 36.0 Å². The van der Waals surface area contributed by atoms with E-state index in [9.17, 15) is 14.4 Å². The fourth-order valence-corrected chi connectivity index (χ4v) is 23.9. The number of amides is 1. The van der Waals surface area contributed by atoms with Crippen LogP contribution in [0.5, 0.6) is 0 Å². The van der Waals surface area contributed by atoms with Crippen molar-refractivity contribution in [2.45, 2.75) is 116 Å². The van der Waals surface area contributed by atoms with Crippen molar-refractivity contribution < 1.29 is 19.1 Å². The Morgan fingerprint density at radius 1 is 0.935 bits per heavy atom. The quantitative estimate of drug-likeness (QED) is 0.188. The standard InChI is InChI=1S/C13H20NO4.3C4H9.Sn/c1-5-18-12(17)13(4)11(8-9(2)15)6-7-14(13)10(3)16;3*1-3-4-2;/h11H,4-8H2,1-3H3;3*1,3-4H2,2H3;. The molecule has 1 fully saturated rings. The number of nitrogens with zero attached hydrogens (tertiary/aromatic N) is 1. The average molecular weight is 544 g/mol. The van der Waals surface area contributed by atoms with Gasteiger partial charge in [-0.15, -0.1) is 0 Å². The number of ether oxygens (including phenoxy) is 1. The van der Waals surface area contributed by atoms with Crippen LogP contribution in [0.15, 0.2) is 0 Å². The minimum atomic E-state index is -2.83. The van der Waals surface area contributed by atoms with E-state index < -0.39 is 23.9 Å². The molecular formula is C25H47NO4Sn. The van der Waals surface area contributed by atoms with Gasteiger partial charge in [-0.25, -0.2) is 0 Å². The summed E-state index contributed by atoms with van der Waals surface area (Å²) in [5.41, 5.74) is -0.932. The molecule has 5 nitrogen and oxygen atoms in total. The van der Waals surface area contributed by atoms with E-state index in [0.29, 0.717) is 19.6 Å². The molecule has 0 aliphatic carbocycles. The molecule has 1 aliphatic rings. The van der Waals surface area contributed by atoms with E-state index in [1.807, 2.05) is 11.8 Å². The number of esters is 1. The summed E-state index contributed by atoms with van der Waals surface area (Å²) in [5.74, 6) is -0.324. The third-order valence-electron chi connectivity index (χ3n) is 7.23. The molecule has 2 unspecified atom stereocenters. The molecule has 0 aromatic carbocycles. The first kappa shape index (κ1) is 28.4. The van der Waals surface area contributed by atoms with Gasteiger partial charge in [0.1, 0.15) is 0 Å². The number of carbonyl (C=O) groups is 3. The summed E-state index contributed by atoms with van der Waals surface area (Å²) in [7, 11) is 0. The summed E-state index contributed by atoms with van der Waals surface area (Å²) in [4.78, 5) is 40.5. The van der Waals surface area contributed by atoms with Crippen LogP contribution in [-0.4, -0.2) is 59.6 Å². The minimum absolute atomic E-state index is 0.0548. The normalized spacial score (nSPS) is 21.4. The summed E-state index contributed by atoms with van der Waals surface area (Å²) in [6, 6.07) is 0. The second-order valence-corrected chi connectivity index (χ2v) is 23.5. The molecule has 180 valence electrons. The van der Waals surface area contributed by atoms with E-state index in [2.05, 4.69) is 20.8 Å². The van der Waals surface area contributed by atoms with Gasteiger partial charge < -0.3 is 0 Å². The number of hydrogen-bond donors (Lipinski definition) is 0. The van der Waals surface area contributed by atoms with Crippen LogP contribution in [-0.2, 0) is 19.1 Å². The fourth-order valence-electron chi connectivity index (χ4n) is 5.71. The first-order chi connectivity index (χ1) is 14.7. The number of rotatable bonds is 15.